The van der Waals surface area contributed by atoms with Gasteiger partial charge >= 0.3 is 0 Å². The van der Waals surface area contributed by atoms with Gasteiger partial charge in [0.1, 0.15) is 5.82 Å². The Morgan fingerprint density at radius 3 is 2.23 bits per heavy atom. The average Bonchev–Trinajstić information content (AvgIpc) is 2.63. The molecule has 0 atom stereocenters. The molecule has 132 valence electrons. The average molecular weight is 345 g/mol. The number of anilines is 3. The maximum absolute atomic E-state index is 12.2. The van der Waals surface area contributed by atoms with E-state index in [0.29, 0.717) is 11.3 Å². The highest BCUT2D eigenvalue weighted by atomic mass is 16.1. The van der Waals surface area contributed by atoms with Crippen molar-refractivity contribution in [2.75, 3.05) is 10.6 Å². The molecule has 4 nitrogen and oxygen atoms in total. The predicted octanol–water partition coefficient (Wildman–Crippen LogP) is 5.38. The topological polar surface area (TPSA) is 54.0 Å². The molecule has 0 fully saturated rings. The zero-order valence-electron chi connectivity index (χ0n) is 15.3. The number of nitrogens with one attached hydrogen (secondary N) is 2. The third kappa shape index (κ3) is 4.28. The lowest BCUT2D eigenvalue weighted by Crippen LogP contribution is -2.14. The number of carbonyl (C=O) groups excluding carboxylic acids is 1. The molecular weight excluding hydrogens is 322 g/mol. The number of nitrogens with zero attached hydrogens (tertiary/aromatic N) is 1. The summed E-state index contributed by atoms with van der Waals surface area (Å²) in [6.45, 7) is 6.55. The maximum atomic E-state index is 12.2. The Bertz CT molecular complexity index is 881. The first-order valence-corrected chi connectivity index (χ1v) is 8.62. The van der Waals surface area contributed by atoms with Gasteiger partial charge in [-0.1, -0.05) is 57.2 Å². The molecule has 2 aromatic carbocycles. The van der Waals surface area contributed by atoms with Crippen LogP contribution in [0.3, 0.4) is 0 Å². The van der Waals surface area contributed by atoms with Gasteiger partial charge in [-0.3, -0.25) is 4.79 Å². The first-order chi connectivity index (χ1) is 12.4. The van der Waals surface area contributed by atoms with Gasteiger partial charge in [-0.05, 0) is 41.3 Å². The van der Waals surface area contributed by atoms with Crippen molar-refractivity contribution in [3.63, 3.8) is 0 Å². The Balaban J connectivity index is 1.72. The van der Waals surface area contributed by atoms with Crippen LogP contribution in [0.1, 0.15) is 36.7 Å². The second-order valence-corrected chi connectivity index (χ2v) is 7.17. The molecule has 26 heavy (non-hydrogen) atoms. The molecule has 0 aliphatic carbocycles. The smallest absolute Gasteiger partial charge is 0.255 e. The Kier molecular flexibility index (Phi) is 5.03. The first-order valence-electron chi connectivity index (χ1n) is 8.62. The standard InChI is InChI=1S/C22H23N3O/c1-22(2,3)18-11-7-8-12-19(18)25-20-14-13-17(15-23-20)24-21(26)16-9-5-4-6-10-16/h4-15H,1-3H3,(H,23,25)(H,24,26). The summed E-state index contributed by atoms with van der Waals surface area (Å²) in [5.74, 6) is 0.589. The second kappa shape index (κ2) is 7.40. The SMILES string of the molecule is CC(C)(C)c1ccccc1Nc1ccc(NC(=O)c2ccccc2)cn1. The summed E-state index contributed by atoms with van der Waals surface area (Å²) >= 11 is 0. The molecule has 0 aliphatic heterocycles. The number of para-hydroxylation sites is 1. The number of amides is 1. The molecule has 1 heterocycles. The maximum Gasteiger partial charge on any atom is 0.255 e. The number of rotatable bonds is 4. The molecule has 1 aromatic heterocycles. The lowest BCUT2D eigenvalue weighted by atomic mass is 9.86. The van der Waals surface area contributed by atoms with Gasteiger partial charge in [0.05, 0.1) is 11.9 Å². The third-order valence-corrected chi connectivity index (χ3v) is 4.06. The summed E-state index contributed by atoms with van der Waals surface area (Å²) < 4.78 is 0. The van der Waals surface area contributed by atoms with Gasteiger partial charge in [-0.2, -0.15) is 0 Å². The fourth-order valence-electron chi connectivity index (χ4n) is 2.72. The minimum atomic E-state index is -0.147. The van der Waals surface area contributed by atoms with Gasteiger partial charge in [0.2, 0.25) is 0 Å². The van der Waals surface area contributed by atoms with E-state index in [4.69, 9.17) is 0 Å². The molecule has 0 radical (unpaired) electrons. The van der Waals surface area contributed by atoms with E-state index in [0.717, 1.165) is 11.5 Å². The molecule has 0 saturated heterocycles. The van der Waals surface area contributed by atoms with Crippen LogP contribution in [0.4, 0.5) is 17.2 Å². The quantitative estimate of drug-likeness (QED) is 0.668. The molecule has 1 amide bonds. The second-order valence-electron chi connectivity index (χ2n) is 7.17. The summed E-state index contributed by atoms with van der Waals surface area (Å²) in [7, 11) is 0. The van der Waals surface area contributed by atoms with E-state index >= 15 is 0 Å². The minimum absolute atomic E-state index is 0.0349. The van der Waals surface area contributed by atoms with E-state index in [2.05, 4.69) is 42.5 Å². The fraction of sp³-hybridized carbons (Fsp3) is 0.182. The summed E-state index contributed by atoms with van der Waals surface area (Å²) in [6.07, 6.45) is 1.66. The Hall–Kier alpha value is -3.14. The highest BCUT2D eigenvalue weighted by Crippen LogP contribution is 2.30. The normalized spacial score (nSPS) is 11.0. The largest absolute Gasteiger partial charge is 0.340 e. The summed E-state index contributed by atoms with van der Waals surface area (Å²) in [4.78, 5) is 16.6. The molecule has 0 unspecified atom stereocenters. The molecule has 0 saturated carbocycles. The molecule has 0 bridgehead atoms. The van der Waals surface area contributed by atoms with Crippen molar-refractivity contribution in [1.29, 1.82) is 0 Å². The van der Waals surface area contributed by atoms with Crippen LogP contribution < -0.4 is 10.6 Å². The van der Waals surface area contributed by atoms with Crippen LogP contribution in [-0.4, -0.2) is 10.9 Å². The van der Waals surface area contributed by atoms with Gasteiger partial charge in [-0.15, -0.1) is 0 Å². The van der Waals surface area contributed by atoms with Crippen molar-refractivity contribution < 1.29 is 4.79 Å². The highest BCUT2D eigenvalue weighted by molar-refractivity contribution is 6.04. The number of benzene rings is 2. The third-order valence-electron chi connectivity index (χ3n) is 4.06. The van der Waals surface area contributed by atoms with Crippen LogP contribution in [0.2, 0.25) is 0 Å². The van der Waals surface area contributed by atoms with Crippen molar-refractivity contribution >= 4 is 23.1 Å². The fourth-order valence-corrected chi connectivity index (χ4v) is 2.72. The van der Waals surface area contributed by atoms with Crippen molar-refractivity contribution in [3.8, 4) is 0 Å². The van der Waals surface area contributed by atoms with Gasteiger partial charge in [0.15, 0.2) is 0 Å². The van der Waals surface area contributed by atoms with E-state index in [1.165, 1.54) is 5.56 Å². The van der Waals surface area contributed by atoms with Gasteiger partial charge in [0, 0.05) is 11.3 Å². The lowest BCUT2D eigenvalue weighted by molar-refractivity contribution is 0.102. The number of hydrogen-bond acceptors (Lipinski definition) is 3. The van der Waals surface area contributed by atoms with Crippen LogP contribution in [0.5, 0.6) is 0 Å². The number of carbonyl (C=O) groups is 1. The molecule has 2 N–H and O–H groups in total. The van der Waals surface area contributed by atoms with Gasteiger partial charge in [-0.25, -0.2) is 4.98 Å². The highest BCUT2D eigenvalue weighted by Gasteiger charge is 2.17. The first kappa shape index (κ1) is 17.7. The Morgan fingerprint density at radius 2 is 1.58 bits per heavy atom. The van der Waals surface area contributed by atoms with E-state index in [1.807, 2.05) is 48.5 Å². The molecular formula is C22H23N3O. The molecule has 0 aliphatic rings. The van der Waals surface area contributed by atoms with Crippen molar-refractivity contribution in [2.24, 2.45) is 0 Å². The zero-order valence-corrected chi connectivity index (χ0v) is 15.3. The van der Waals surface area contributed by atoms with Crippen LogP contribution in [0, 0.1) is 0 Å². The van der Waals surface area contributed by atoms with E-state index in [-0.39, 0.29) is 11.3 Å². The van der Waals surface area contributed by atoms with Gasteiger partial charge < -0.3 is 10.6 Å². The lowest BCUT2D eigenvalue weighted by Gasteiger charge is -2.23. The van der Waals surface area contributed by atoms with Crippen LogP contribution >= 0.6 is 0 Å². The van der Waals surface area contributed by atoms with Crippen molar-refractivity contribution in [1.82, 2.24) is 4.98 Å². The molecule has 3 aromatic rings. The Morgan fingerprint density at radius 1 is 0.885 bits per heavy atom. The van der Waals surface area contributed by atoms with Crippen LogP contribution in [0.15, 0.2) is 72.9 Å². The predicted molar refractivity (Wildman–Crippen MR) is 107 cm³/mol. The molecule has 3 rings (SSSR count). The molecule has 4 heteroatoms. The van der Waals surface area contributed by atoms with Gasteiger partial charge in [0.25, 0.3) is 5.91 Å². The van der Waals surface area contributed by atoms with Crippen molar-refractivity contribution in [3.05, 3.63) is 84.1 Å². The number of pyridine rings is 1. The molecule has 0 spiro atoms. The summed E-state index contributed by atoms with van der Waals surface area (Å²) in [5.41, 5.74) is 3.58. The van der Waals surface area contributed by atoms with Crippen LogP contribution in [0.25, 0.3) is 0 Å². The Labute approximate surface area is 154 Å². The number of aromatic nitrogens is 1. The van der Waals surface area contributed by atoms with Crippen LogP contribution in [-0.2, 0) is 5.41 Å². The summed E-state index contributed by atoms with van der Waals surface area (Å²) in [6, 6.07) is 21.0. The van der Waals surface area contributed by atoms with E-state index in [9.17, 15) is 4.79 Å². The monoisotopic (exact) mass is 345 g/mol. The van der Waals surface area contributed by atoms with Crippen molar-refractivity contribution in [2.45, 2.75) is 26.2 Å². The number of hydrogen-bond donors (Lipinski definition) is 2. The summed E-state index contributed by atoms with van der Waals surface area (Å²) in [5, 5.41) is 6.22. The van der Waals surface area contributed by atoms with E-state index in [1.54, 1.807) is 18.3 Å². The zero-order chi connectivity index (χ0) is 18.6. The minimum Gasteiger partial charge on any atom is -0.340 e. The van der Waals surface area contributed by atoms with E-state index < -0.39 is 0 Å².